The van der Waals surface area contributed by atoms with Crippen LogP contribution in [0.2, 0.25) is 0 Å². The summed E-state index contributed by atoms with van der Waals surface area (Å²) in [4.78, 5) is 39.0. The summed E-state index contributed by atoms with van der Waals surface area (Å²) in [6, 6.07) is 9.48. The van der Waals surface area contributed by atoms with Crippen LogP contribution < -0.4 is 5.32 Å². The first-order chi connectivity index (χ1) is 12.1. The third-order valence-corrected chi connectivity index (χ3v) is 5.56. The summed E-state index contributed by atoms with van der Waals surface area (Å²) in [5.74, 6) is -0.618. The summed E-state index contributed by atoms with van der Waals surface area (Å²) in [6.45, 7) is 0. The number of hydrogen-bond donors (Lipinski definition) is 1. The number of fused-ring (bicyclic) bond motifs is 5. The quantitative estimate of drug-likeness (QED) is 0.669. The van der Waals surface area contributed by atoms with E-state index in [9.17, 15) is 14.4 Å². The molecule has 1 saturated heterocycles. The number of allylic oxidation sites excluding steroid dienone is 2. The first-order valence-electron chi connectivity index (χ1n) is 8.54. The van der Waals surface area contributed by atoms with Gasteiger partial charge in [0.05, 0.1) is 18.9 Å². The Kier molecular flexibility index (Phi) is 3.82. The second kappa shape index (κ2) is 6.02. The minimum absolute atomic E-state index is 0.145. The Bertz CT molecular complexity index is 715. The van der Waals surface area contributed by atoms with E-state index in [4.69, 9.17) is 0 Å². The van der Waals surface area contributed by atoms with Crippen molar-refractivity contribution in [1.82, 2.24) is 10.2 Å². The van der Waals surface area contributed by atoms with E-state index in [2.05, 4.69) is 22.2 Å². The van der Waals surface area contributed by atoms with Gasteiger partial charge in [0.15, 0.2) is 0 Å². The van der Waals surface area contributed by atoms with Gasteiger partial charge in [0.25, 0.3) is 0 Å². The largest absolute Gasteiger partial charge is 0.453 e. The molecule has 3 amide bonds. The fraction of sp³-hybridized carbons (Fsp3) is 0.421. The van der Waals surface area contributed by atoms with Crippen LogP contribution in [0.3, 0.4) is 0 Å². The zero-order valence-electron chi connectivity index (χ0n) is 13.9. The Labute approximate surface area is 145 Å². The number of nitrogens with zero attached hydrogens (tertiary/aromatic N) is 1. The maximum Gasteiger partial charge on any atom is 0.408 e. The van der Waals surface area contributed by atoms with E-state index in [1.54, 1.807) is 0 Å². The van der Waals surface area contributed by atoms with Crippen molar-refractivity contribution < 1.29 is 19.1 Å². The molecule has 130 valence electrons. The summed E-state index contributed by atoms with van der Waals surface area (Å²) < 4.78 is 4.69. The van der Waals surface area contributed by atoms with E-state index < -0.39 is 12.3 Å². The number of amides is 3. The highest BCUT2D eigenvalue weighted by Crippen LogP contribution is 2.52. The van der Waals surface area contributed by atoms with Gasteiger partial charge in [0.1, 0.15) is 6.17 Å². The van der Waals surface area contributed by atoms with Crippen molar-refractivity contribution in [2.24, 2.45) is 23.7 Å². The highest BCUT2D eigenvalue weighted by molar-refractivity contribution is 6.06. The van der Waals surface area contributed by atoms with Crippen LogP contribution in [0.1, 0.15) is 12.0 Å². The Morgan fingerprint density at radius 2 is 1.76 bits per heavy atom. The Balaban J connectivity index is 1.62. The van der Waals surface area contributed by atoms with Gasteiger partial charge >= 0.3 is 6.09 Å². The number of carbonyl (C=O) groups is 3. The number of alkyl carbamates (subject to hydrolysis) is 1. The molecule has 4 rings (SSSR count). The molecular weight excluding hydrogens is 320 g/mol. The van der Waals surface area contributed by atoms with Crippen molar-refractivity contribution in [3.8, 4) is 0 Å². The fourth-order valence-corrected chi connectivity index (χ4v) is 4.47. The van der Waals surface area contributed by atoms with Crippen LogP contribution in [-0.4, -0.2) is 36.1 Å². The van der Waals surface area contributed by atoms with Crippen molar-refractivity contribution in [3.05, 3.63) is 48.0 Å². The maximum absolute atomic E-state index is 13.0. The number of benzene rings is 1. The first-order valence-corrected chi connectivity index (χ1v) is 8.54. The van der Waals surface area contributed by atoms with Crippen molar-refractivity contribution in [2.45, 2.75) is 19.0 Å². The van der Waals surface area contributed by atoms with Gasteiger partial charge in [-0.05, 0) is 23.8 Å². The zero-order chi connectivity index (χ0) is 17.6. The molecule has 0 spiro atoms. The Morgan fingerprint density at radius 1 is 1.16 bits per heavy atom. The molecular formula is C19H20N2O4. The molecule has 2 aliphatic carbocycles. The topological polar surface area (TPSA) is 75.7 Å². The molecule has 1 aliphatic heterocycles. The third-order valence-electron chi connectivity index (χ3n) is 5.56. The molecule has 1 saturated carbocycles. The molecule has 25 heavy (non-hydrogen) atoms. The third kappa shape index (κ3) is 2.52. The van der Waals surface area contributed by atoms with Gasteiger partial charge in [-0.2, -0.15) is 0 Å². The van der Waals surface area contributed by atoms with E-state index in [-0.39, 0.29) is 35.5 Å². The predicted octanol–water partition coefficient (Wildman–Crippen LogP) is 1.72. The van der Waals surface area contributed by atoms with Crippen molar-refractivity contribution in [3.63, 3.8) is 0 Å². The smallest absolute Gasteiger partial charge is 0.408 e. The molecule has 2 bridgehead atoms. The fourth-order valence-electron chi connectivity index (χ4n) is 4.47. The minimum Gasteiger partial charge on any atom is -0.453 e. The summed E-state index contributed by atoms with van der Waals surface area (Å²) >= 11 is 0. The molecule has 2 fully saturated rings. The van der Waals surface area contributed by atoms with Gasteiger partial charge < -0.3 is 10.1 Å². The standard InChI is InChI=1S/C19H20N2O4/c1-25-19(24)20-14(9-11-5-3-2-4-6-11)21-17(22)15-12-7-8-13(10-12)16(15)18(21)23/h2-8,12-16H,9-10H2,1H3,(H,20,24). The van der Waals surface area contributed by atoms with Crippen molar-refractivity contribution in [1.29, 1.82) is 0 Å². The number of ether oxygens (including phenoxy) is 1. The lowest BCUT2D eigenvalue weighted by molar-refractivity contribution is -0.144. The van der Waals surface area contributed by atoms with Gasteiger partial charge in [-0.1, -0.05) is 42.5 Å². The molecule has 6 nitrogen and oxygen atoms in total. The van der Waals surface area contributed by atoms with E-state index in [0.29, 0.717) is 6.42 Å². The van der Waals surface area contributed by atoms with Crippen molar-refractivity contribution >= 4 is 17.9 Å². The molecule has 6 heteroatoms. The molecule has 1 aromatic carbocycles. The van der Waals surface area contributed by atoms with E-state index in [1.807, 2.05) is 30.3 Å². The molecule has 1 aromatic rings. The molecule has 1 heterocycles. The van der Waals surface area contributed by atoms with Crippen molar-refractivity contribution in [2.75, 3.05) is 7.11 Å². The Hall–Kier alpha value is -2.63. The summed E-state index contributed by atoms with van der Waals surface area (Å²) in [6.07, 6.45) is 3.96. The summed E-state index contributed by atoms with van der Waals surface area (Å²) in [5.41, 5.74) is 0.933. The molecule has 5 unspecified atom stereocenters. The summed E-state index contributed by atoms with van der Waals surface area (Å²) in [7, 11) is 1.27. The van der Waals surface area contributed by atoms with Crippen LogP contribution in [0, 0.1) is 23.7 Å². The lowest BCUT2D eigenvalue weighted by Gasteiger charge is -2.28. The molecule has 0 radical (unpaired) electrons. The van der Waals surface area contributed by atoms with Crippen LogP contribution in [0.15, 0.2) is 42.5 Å². The number of hydrogen-bond acceptors (Lipinski definition) is 4. The lowest BCUT2D eigenvalue weighted by atomic mass is 9.85. The van der Waals surface area contributed by atoms with Crippen LogP contribution in [0.5, 0.6) is 0 Å². The van der Waals surface area contributed by atoms with Gasteiger partial charge in [-0.25, -0.2) is 4.79 Å². The second-order valence-electron chi connectivity index (χ2n) is 6.89. The van der Waals surface area contributed by atoms with Gasteiger partial charge in [0, 0.05) is 6.42 Å². The van der Waals surface area contributed by atoms with Crippen LogP contribution in [0.4, 0.5) is 4.79 Å². The SMILES string of the molecule is COC(=O)NC(Cc1ccccc1)N1C(=O)C2C3C=CC(C3)C2C1=O. The van der Waals surface area contributed by atoms with Crippen LogP contribution in [0.25, 0.3) is 0 Å². The number of carbonyl (C=O) groups excluding carboxylic acids is 3. The highest BCUT2D eigenvalue weighted by Gasteiger charge is 2.60. The molecule has 5 atom stereocenters. The number of imide groups is 1. The number of rotatable bonds is 4. The second-order valence-corrected chi connectivity index (χ2v) is 6.89. The van der Waals surface area contributed by atoms with Crippen LogP contribution >= 0.6 is 0 Å². The molecule has 3 aliphatic rings. The highest BCUT2D eigenvalue weighted by atomic mass is 16.5. The number of methoxy groups -OCH3 is 1. The summed E-state index contributed by atoms with van der Waals surface area (Å²) in [5, 5.41) is 2.66. The average Bonchev–Trinajstić information content (AvgIpc) is 3.29. The Morgan fingerprint density at radius 3 is 2.32 bits per heavy atom. The average molecular weight is 340 g/mol. The monoisotopic (exact) mass is 340 g/mol. The molecule has 0 aromatic heterocycles. The predicted molar refractivity (Wildman–Crippen MR) is 89.0 cm³/mol. The van der Waals surface area contributed by atoms with Gasteiger partial charge in [0.2, 0.25) is 11.8 Å². The molecule has 1 N–H and O–H groups in total. The van der Waals surface area contributed by atoms with E-state index >= 15 is 0 Å². The normalized spacial score (nSPS) is 30.5. The van der Waals surface area contributed by atoms with Gasteiger partial charge in [-0.3, -0.25) is 14.5 Å². The number of likely N-dealkylation sites (tertiary alicyclic amines) is 1. The zero-order valence-corrected chi connectivity index (χ0v) is 13.9. The first kappa shape index (κ1) is 15.9. The van der Waals surface area contributed by atoms with E-state index in [1.165, 1.54) is 12.0 Å². The number of nitrogens with one attached hydrogen (secondary N) is 1. The maximum atomic E-state index is 13.0. The minimum atomic E-state index is -0.736. The van der Waals surface area contributed by atoms with Crippen LogP contribution in [-0.2, 0) is 20.7 Å². The van der Waals surface area contributed by atoms with Gasteiger partial charge in [-0.15, -0.1) is 0 Å². The van der Waals surface area contributed by atoms with E-state index in [0.717, 1.165) is 12.0 Å². The lowest BCUT2D eigenvalue weighted by Crippen LogP contribution is -2.52.